The van der Waals surface area contributed by atoms with E-state index in [0.717, 1.165) is 15.2 Å². The third kappa shape index (κ3) is 2.58. The number of carbonyl (C=O) groups excluding carboxylic acids is 1. The van der Waals surface area contributed by atoms with E-state index in [0.29, 0.717) is 11.4 Å². The molecule has 0 spiro atoms. The lowest BCUT2D eigenvalue weighted by atomic mass is 10.1. The minimum Gasteiger partial charge on any atom is -0.495 e. The van der Waals surface area contributed by atoms with Gasteiger partial charge in [0.15, 0.2) is 0 Å². The number of methoxy groups -OCH3 is 1. The van der Waals surface area contributed by atoms with E-state index in [2.05, 4.69) is 21.2 Å². The number of halogens is 1. The number of benzene rings is 2. The second-order valence-corrected chi connectivity index (χ2v) is 4.64. The van der Waals surface area contributed by atoms with Gasteiger partial charge in [-0.15, -0.1) is 0 Å². The molecule has 0 saturated heterocycles. The standard InChI is InChI=1S/C13H12BrNO2/c1-8(16)15-12-6-10-5-11(14)4-3-9(10)7-13(12)17-2/h3-7H,1-2H3,(H,15,16). The van der Waals surface area contributed by atoms with Crippen molar-refractivity contribution in [3.05, 3.63) is 34.8 Å². The fraction of sp³-hybridized carbons (Fsp3) is 0.154. The van der Waals surface area contributed by atoms with Crippen LogP contribution < -0.4 is 10.1 Å². The van der Waals surface area contributed by atoms with E-state index < -0.39 is 0 Å². The lowest BCUT2D eigenvalue weighted by molar-refractivity contribution is -0.114. The highest BCUT2D eigenvalue weighted by molar-refractivity contribution is 9.10. The molecule has 2 aromatic rings. The Balaban J connectivity index is 2.60. The lowest BCUT2D eigenvalue weighted by Gasteiger charge is -2.10. The summed E-state index contributed by atoms with van der Waals surface area (Å²) in [6.45, 7) is 1.48. The number of rotatable bonds is 2. The van der Waals surface area contributed by atoms with Gasteiger partial charge in [0.25, 0.3) is 0 Å². The van der Waals surface area contributed by atoms with Gasteiger partial charge >= 0.3 is 0 Å². The molecule has 0 aliphatic carbocycles. The summed E-state index contributed by atoms with van der Waals surface area (Å²) in [6.07, 6.45) is 0. The van der Waals surface area contributed by atoms with Crippen LogP contribution >= 0.6 is 15.9 Å². The number of hydrogen-bond acceptors (Lipinski definition) is 2. The van der Waals surface area contributed by atoms with Gasteiger partial charge in [0.2, 0.25) is 5.91 Å². The molecule has 2 rings (SSSR count). The summed E-state index contributed by atoms with van der Waals surface area (Å²) in [5.41, 5.74) is 0.686. The van der Waals surface area contributed by atoms with Gasteiger partial charge in [0.1, 0.15) is 5.75 Å². The molecule has 88 valence electrons. The lowest BCUT2D eigenvalue weighted by Crippen LogP contribution is -2.07. The number of ether oxygens (including phenoxy) is 1. The molecule has 0 aromatic heterocycles. The third-order valence-corrected chi connectivity index (χ3v) is 2.92. The van der Waals surface area contributed by atoms with Crippen molar-refractivity contribution < 1.29 is 9.53 Å². The zero-order valence-electron chi connectivity index (χ0n) is 9.58. The second-order valence-electron chi connectivity index (χ2n) is 3.73. The highest BCUT2D eigenvalue weighted by Crippen LogP contribution is 2.31. The van der Waals surface area contributed by atoms with Crippen LogP contribution in [0.15, 0.2) is 34.8 Å². The first kappa shape index (κ1) is 11.9. The van der Waals surface area contributed by atoms with Crippen LogP contribution in [-0.4, -0.2) is 13.0 Å². The average Bonchev–Trinajstić information content (AvgIpc) is 2.27. The normalized spacial score (nSPS) is 10.3. The van der Waals surface area contributed by atoms with E-state index in [4.69, 9.17) is 4.74 Å². The molecular formula is C13H12BrNO2. The molecule has 0 saturated carbocycles. The van der Waals surface area contributed by atoms with Crippen molar-refractivity contribution in [3.63, 3.8) is 0 Å². The molecule has 0 aliphatic rings. The highest BCUT2D eigenvalue weighted by Gasteiger charge is 2.07. The zero-order chi connectivity index (χ0) is 12.4. The predicted molar refractivity (Wildman–Crippen MR) is 72.5 cm³/mol. The van der Waals surface area contributed by atoms with E-state index in [9.17, 15) is 4.79 Å². The molecule has 0 bridgehead atoms. The number of anilines is 1. The van der Waals surface area contributed by atoms with Crippen LogP contribution in [0, 0.1) is 0 Å². The summed E-state index contributed by atoms with van der Waals surface area (Å²) in [5, 5.41) is 4.87. The Bertz CT molecular complexity index is 581. The Morgan fingerprint density at radius 3 is 2.65 bits per heavy atom. The minimum absolute atomic E-state index is 0.113. The topological polar surface area (TPSA) is 38.3 Å². The van der Waals surface area contributed by atoms with Crippen molar-refractivity contribution in [1.82, 2.24) is 0 Å². The highest BCUT2D eigenvalue weighted by atomic mass is 79.9. The van der Waals surface area contributed by atoms with E-state index in [1.54, 1.807) is 7.11 Å². The maximum absolute atomic E-state index is 11.1. The SMILES string of the molecule is COc1cc2ccc(Br)cc2cc1NC(C)=O. The minimum atomic E-state index is -0.113. The molecule has 0 unspecified atom stereocenters. The number of nitrogens with one attached hydrogen (secondary N) is 1. The third-order valence-electron chi connectivity index (χ3n) is 2.43. The van der Waals surface area contributed by atoms with Gasteiger partial charge in [-0.2, -0.15) is 0 Å². The summed E-state index contributed by atoms with van der Waals surface area (Å²) in [7, 11) is 1.59. The number of fused-ring (bicyclic) bond motifs is 1. The summed E-state index contributed by atoms with van der Waals surface area (Å²) < 4.78 is 6.26. The van der Waals surface area contributed by atoms with Crippen molar-refractivity contribution in [2.24, 2.45) is 0 Å². The van der Waals surface area contributed by atoms with Crippen LogP contribution in [0.4, 0.5) is 5.69 Å². The first-order valence-electron chi connectivity index (χ1n) is 5.15. The smallest absolute Gasteiger partial charge is 0.221 e. The Kier molecular flexibility index (Phi) is 3.33. The summed E-state index contributed by atoms with van der Waals surface area (Å²) in [5.74, 6) is 0.549. The van der Waals surface area contributed by atoms with Crippen molar-refractivity contribution in [3.8, 4) is 5.75 Å². The molecule has 1 amide bonds. The Morgan fingerprint density at radius 1 is 1.24 bits per heavy atom. The van der Waals surface area contributed by atoms with Crippen LogP contribution in [0.3, 0.4) is 0 Å². The van der Waals surface area contributed by atoms with Crippen LogP contribution in [0.2, 0.25) is 0 Å². The molecule has 17 heavy (non-hydrogen) atoms. The maximum Gasteiger partial charge on any atom is 0.221 e. The first-order valence-corrected chi connectivity index (χ1v) is 5.94. The fourth-order valence-corrected chi connectivity index (χ4v) is 2.08. The molecule has 4 heteroatoms. The van der Waals surface area contributed by atoms with Gasteiger partial charge in [-0.1, -0.05) is 22.0 Å². The van der Waals surface area contributed by atoms with Crippen LogP contribution in [0.5, 0.6) is 5.75 Å². The summed E-state index contributed by atoms with van der Waals surface area (Å²) >= 11 is 3.42. The Morgan fingerprint density at radius 2 is 2.00 bits per heavy atom. The Hall–Kier alpha value is -1.55. The quantitative estimate of drug-likeness (QED) is 0.919. The number of carbonyl (C=O) groups is 1. The maximum atomic E-state index is 11.1. The van der Waals surface area contributed by atoms with Crippen molar-refractivity contribution in [2.45, 2.75) is 6.92 Å². The summed E-state index contributed by atoms with van der Waals surface area (Å²) in [6, 6.07) is 9.78. The van der Waals surface area contributed by atoms with Crippen molar-refractivity contribution >= 4 is 38.3 Å². The van der Waals surface area contributed by atoms with E-state index in [1.807, 2.05) is 30.3 Å². The fourth-order valence-electron chi connectivity index (χ4n) is 1.70. The molecule has 0 fully saturated rings. The van der Waals surface area contributed by atoms with E-state index in [1.165, 1.54) is 6.92 Å². The zero-order valence-corrected chi connectivity index (χ0v) is 11.2. The Labute approximate surface area is 108 Å². The van der Waals surface area contributed by atoms with E-state index >= 15 is 0 Å². The van der Waals surface area contributed by atoms with Crippen LogP contribution in [0.25, 0.3) is 10.8 Å². The molecule has 0 atom stereocenters. The second kappa shape index (κ2) is 4.75. The van der Waals surface area contributed by atoms with Crippen molar-refractivity contribution in [2.75, 3.05) is 12.4 Å². The predicted octanol–water partition coefficient (Wildman–Crippen LogP) is 3.57. The van der Waals surface area contributed by atoms with Crippen molar-refractivity contribution in [1.29, 1.82) is 0 Å². The van der Waals surface area contributed by atoms with Crippen LogP contribution in [0.1, 0.15) is 6.92 Å². The first-order chi connectivity index (χ1) is 8.10. The number of amides is 1. The molecule has 0 heterocycles. The number of hydrogen-bond donors (Lipinski definition) is 1. The average molecular weight is 294 g/mol. The molecule has 0 radical (unpaired) electrons. The largest absolute Gasteiger partial charge is 0.495 e. The van der Waals surface area contributed by atoms with Gasteiger partial charge in [0.05, 0.1) is 12.8 Å². The van der Waals surface area contributed by atoms with Gasteiger partial charge in [-0.25, -0.2) is 0 Å². The van der Waals surface area contributed by atoms with E-state index in [-0.39, 0.29) is 5.91 Å². The molecule has 3 nitrogen and oxygen atoms in total. The molecule has 2 aromatic carbocycles. The van der Waals surface area contributed by atoms with Gasteiger partial charge in [0, 0.05) is 11.4 Å². The van der Waals surface area contributed by atoms with Crippen LogP contribution in [-0.2, 0) is 4.79 Å². The van der Waals surface area contributed by atoms with Gasteiger partial charge < -0.3 is 10.1 Å². The molecule has 1 N–H and O–H groups in total. The molecular weight excluding hydrogens is 282 g/mol. The molecule has 0 aliphatic heterocycles. The monoisotopic (exact) mass is 293 g/mol. The summed E-state index contributed by atoms with van der Waals surface area (Å²) in [4.78, 5) is 11.1. The van der Waals surface area contributed by atoms with Gasteiger partial charge in [-0.05, 0) is 35.0 Å². The van der Waals surface area contributed by atoms with Gasteiger partial charge in [-0.3, -0.25) is 4.79 Å².